The van der Waals surface area contributed by atoms with Crippen LogP contribution in [0, 0.1) is 16.7 Å². The molecule has 0 aliphatic heterocycles. The van der Waals surface area contributed by atoms with Gasteiger partial charge in [0.05, 0.1) is 0 Å². The second-order valence-corrected chi connectivity index (χ2v) is 13.9. The first kappa shape index (κ1) is 32.7. The maximum atomic E-state index is 12.4. The molecule has 2 rings (SSSR count). The first-order valence-corrected chi connectivity index (χ1v) is 15.8. The molecule has 38 heavy (non-hydrogen) atoms. The SMILES string of the molecule is CCCCCCCC/C=C\CCCCCCCC(=O)OCOC(=O)NC1(C)CC2CC(C)(C)CC(C)(C2)C1. The monoisotopic (exact) mass is 533 g/mol. The summed E-state index contributed by atoms with van der Waals surface area (Å²) in [4.78, 5) is 24.4. The highest BCUT2D eigenvalue weighted by Gasteiger charge is 2.50. The summed E-state index contributed by atoms with van der Waals surface area (Å²) in [5.41, 5.74) is 0.361. The maximum absolute atomic E-state index is 12.4. The number of alkyl carbamates (subject to hydrolysis) is 1. The molecule has 0 aromatic heterocycles. The first-order chi connectivity index (χ1) is 18.0. The third-order valence-corrected chi connectivity index (χ3v) is 8.54. The van der Waals surface area contributed by atoms with Crippen molar-refractivity contribution in [3.05, 3.63) is 12.2 Å². The van der Waals surface area contributed by atoms with E-state index in [9.17, 15) is 9.59 Å². The summed E-state index contributed by atoms with van der Waals surface area (Å²) in [6.07, 6.45) is 26.1. The molecule has 5 nitrogen and oxygen atoms in total. The molecule has 220 valence electrons. The van der Waals surface area contributed by atoms with Gasteiger partial charge in [-0.25, -0.2) is 4.79 Å². The summed E-state index contributed by atoms with van der Waals surface area (Å²) in [5.74, 6) is 0.343. The zero-order chi connectivity index (χ0) is 27.9. The predicted molar refractivity (Wildman–Crippen MR) is 157 cm³/mol. The van der Waals surface area contributed by atoms with Gasteiger partial charge in [-0.3, -0.25) is 4.79 Å². The van der Waals surface area contributed by atoms with Crippen LogP contribution in [0.5, 0.6) is 0 Å². The third kappa shape index (κ3) is 13.5. The van der Waals surface area contributed by atoms with Gasteiger partial charge in [-0.15, -0.1) is 0 Å². The van der Waals surface area contributed by atoms with E-state index in [0.29, 0.717) is 17.8 Å². The summed E-state index contributed by atoms with van der Waals surface area (Å²) in [6, 6.07) is 0. The Bertz CT molecular complexity index is 731. The van der Waals surface area contributed by atoms with Crippen molar-refractivity contribution in [2.75, 3.05) is 6.79 Å². The lowest BCUT2D eigenvalue weighted by Gasteiger charge is -2.56. The van der Waals surface area contributed by atoms with Crippen LogP contribution in [0.15, 0.2) is 12.2 Å². The Balaban J connectivity index is 1.44. The van der Waals surface area contributed by atoms with Crippen LogP contribution in [-0.2, 0) is 14.3 Å². The molecule has 3 atom stereocenters. The average molecular weight is 534 g/mol. The minimum Gasteiger partial charge on any atom is -0.428 e. The normalized spacial score (nSPS) is 26.3. The Labute approximate surface area is 234 Å². The number of esters is 1. The number of rotatable bonds is 18. The molecule has 2 saturated carbocycles. The Hall–Kier alpha value is -1.52. The number of carbonyl (C=O) groups excluding carboxylic acids is 2. The zero-order valence-electron chi connectivity index (χ0n) is 25.5. The van der Waals surface area contributed by atoms with Gasteiger partial charge in [0.1, 0.15) is 0 Å². The van der Waals surface area contributed by atoms with Crippen LogP contribution >= 0.6 is 0 Å². The molecule has 2 fully saturated rings. The van der Waals surface area contributed by atoms with E-state index in [0.717, 1.165) is 38.5 Å². The van der Waals surface area contributed by atoms with Crippen LogP contribution in [0.25, 0.3) is 0 Å². The number of amides is 1. The number of unbranched alkanes of at least 4 members (excludes halogenated alkanes) is 11. The molecular formula is C33H59NO4. The van der Waals surface area contributed by atoms with Crippen molar-refractivity contribution in [3.8, 4) is 0 Å². The van der Waals surface area contributed by atoms with Gasteiger partial charge in [-0.1, -0.05) is 91.2 Å². The van der Waals surface area contributed by atoms with Gasteiger partial charge in [0, 0.05) is 12.0 Å². The molecule has 2 bridgehead atoms. The maximum Gasteiger partial charge on any atom is 0.410 e. The van der Waals surface area contributed by atoms with Gasteiger partial charge < -0.3 is 14.8 Å². The molecule has 0 heterocycles. The smallest absolute Gasteiger partial charge is 0.410 e. The summed E-state index contributed by atoms with van der Waals surface area (Å²) < 4.78 is 10.4. The fourth-order valence-corrected chi connectivity index (χ4v) is 7.72. The highest BCUT2D eigenvalue weighted by Crippen LogP contribution is 2.57. The highest BCUT2D eigenvalue weighted by molar-refractivity contribution is 5.70. The molecule has 0 saturated heterocycles. The number of allylic oxidation sites excluding steroid dienone is 2. The third-order valence-electron chi connectivity index (χ3n) is 8.54. The lowest BCUT2D eigenvalue weighted by molar-refractivity contribution is -0.152. The van der Waals surface area contributed by atoms with E-state index in [-0.39, 0.29) is 23.7 Å². The van der Waals surface area contributed by atoms with E-state index in [4.69, 9.17) is 9.47 Å². The van der Waals surface area contributed by atoms with Gasteiger partial charge in [0.25, 0.3) is 0 Å². The minimum absolute atomic E-state index is 0.253. The van der Waals surface area contributed by atoms with Crippen LogP contribution in [0.4, 0.5) is 4.79 Å². The predicted octanol–water partition coefficient (Wildman–Crippen LogP) is 9.64. The van der Waals surface area contributed by atoms with Crippen LogP contribution in [0.2, 0.25) is 0 Å². The van der Waals surface area contributed by atoms with Crippen molar-refractivity contribution in [3.63, 3.8) is 0 Å². The number of carbonyl (C=O) groups is 2. The van der Waals surface area contributed by atoms with Gasteiger partial charge >= 0.3 is 12.1 Å². The summed E-state index contributed by atoms with van der Waals surface area (Å²) >= 11 is 0. The fourth-order valence-electron chi connectivity index (χ4n) is 7.72. The van der Waals surface area contributed by atoms with E-state index in [1.807, 2.05) is 0 Å². The van der Waals surface area contributed by atoms with Gasteiger partial charge in [-0.05, 0) is 87.9 Å². The summed E-state index contributed by atoms with van der Waals surface area (Å²) in [7, 11) is 0. The Morgan fingerprint density at radius 3 is 2.00 bits per heavy atom. The van der Waals surface area contributed by atoms with E-state index in [1.54, 1.807) is 0 Å². The van der Waals surface area contributed by atoms with Crippen LogP contribution in [-0.4, -0.2) is 24.4 Å². The number of hydrogen-bond donors (Lipinski definition) is 1. The molecule has 0 spiro atoms. The van der Waals surface area contributed by atoms with Crippen LogP contribution in [0.1, 0.15) is 157 Å². The molecular weight excluding hydrogens is 474 g/mol. The van der Waals surface area contributed by atoms with E-state index in [2.05, 4.69) is 52.1 Å². The van der Waals surface area contributed by atoms with Crippen molar-refractivity contribution in [2.45, 2.75) is 162 Å². The van der Waals surface area contributed by atoms with Crippen LogP contribution < -0.4 is 5.32 Å². The lowest BCUT2D eigenvalue weighted by Crippen LogP contribution is -2.56. The first-order valence-electron chi connectivity index (χ1n) is 15.8. The second-order valence-electron chi connectivity index (χ2n) is 13.9. The summed E-state index contributed by atoms with van der Waals surface area (Å²) in [6.45, 7) is 11.2. The van der Waals surface area contributed by atoms with Crippen molar-refractivity contribution >= 4 is 12.1 Å². The summed E-state index contributed by atoms with van der Waals surface area (Å²) in [5, 5.41) is 3.09. The Morgan fingerprint density at radius 1 is 0.763 bits per heavy atom. The molecule has 5 heteroatoms. The molecule has 2 aliphatic carbocycles. The topological polar surface area (TPSA) is 64.6 Å². The zero-order valence-corrected chi connectivity index (χ0v) is 25.5. The Morgan fingerprint density at radius 2 is 1.37 bits per heavy atom. The second kappa shape index (κ2) is 16.6. The van der Waals surface area contributed by atoms with Crippen molar-refractivity contribution in [2.24, 2.45) is 16.7 Å². The van der Waals surface area contributed by atoms with Gasteiger partial charge in [0.15, 0.2) is 0 Å². The fraction of sp³-hybridized carbons (Fsp3) is 0.879. The molecule has 0 aromatic rings. The molecule has 1 amide bonds. The minimum atomic E-state index is -0.482. The van der Waals surface area contributed by atoms with Gasteiger partial charge in [-0.2, -0.15) is 0 Å². The number of fused-ring (bicyclic) bond motifs is 2. The molecule has 2 aliphatic rings. The van der Waals surface area contributed by atoms with Gasteiger partial charge in [0.2, 0.25) is 6.79 Å². The highest BCUT2D eigenvalue weighted by atomic mass is 16.7. The van der Waals surface area contributed by atoms with Crippen LogP contribution in [0.3, 0.4) is 0 Å². The van der Waals surface area contributed by atoms with Crippen molar-refractivity contribution < 1.29 is 19.1 Å². The molecule has 0 aromatic carbocycles. The molecule has 0 radical (unpaired) electrons. The quantitative estimate of drug-likeness (QED) is 0.0824. The number of nitrogens with one attached hydrogen (secondary N) is 1. The molecule has 1 N–H and O–H groups in total. The Kier molecular flexibility index (Phi) is 14.2. The lowest BCUT2D eigenvalue weighted by atomic mass is 9.52. The largest absolute Gasteiger partial charge is 0.428 e. The van der Waals surface area contributed by atoms with Crippen molar-refractivity contribution in [1.29, 1.82) is 0 Å². The average Bonchev–Trinajstić information content (AvgIpc) is 2.78. The van der Waals surface area contributed by atoms with E-state index < -0.39 is 6.09 Å². The number of ether oxygens (including phenoxy) is 2. The molecule has 3 unspecified atom stereocenters. The standard InChI is InChI=1S/C33H59NO4/c1-6-7-8-9-10-11-12-13-14-15-16-17-18-19-20-21-29(35)37-27-38-30(36)34-33(5)24-28-22-31(2,3)25-32(4,23-28)26-33/h13-14,28H,6-12,15-27H2,1-5H3,(H,34,36)/b14-13-. The van der Waals surface area contributed by atoms with Crippen molar-refractivity contribution in [1.82, 2.24) is 5.32 Å². The van der Waals surface area contributed by atoms with E-state index >= 15 is 0 Å². The van der Waals surface area contributed by atoms with E-state index in [1.165, 1.54) is 77.0 Å². The number of hydrogen-bond acceptors (Lipinski definition) is 4.